The molecule has 19 heavy (non-hydrogen) atoms. The van der Waals surface area contributed by atoms with Crippen LogP contribution in [0.4, 0.5) is 0 Å². The van der Waals surface area contributed by atoms with Crippen molar-refractivity contribution in [2.24, 2.45) is 0 Å². The van der Waals surface area contributed by atoms with Crippen LogP contribution in [0.3, 0.4) is 0 Å². The summed E-state index contributed by atoms with van der Waals surface area (Å²) in [6, 6.07) is 1.35. The van der Waals surface area contributed by atoms with Crippen LogP contribution in [-0.2, 0) is 9.53 Å². The third kappa shape index (κ3) is 2.56. The molecule has 0 aliphatic rings. The van der Waals surface area contributed by atoms with E-state index in [0.717, 1.165) is 11.0 Å². The van der Waals surface area contributed by atoms with Crippen molar-refractivity contribution in [3.8, 4) is 0 Å². The summed E-state index contributed by atoms with van der Waals surface area (Å²) in [5, 5.41) is -0.302. The van der Waals surface area contributed by atoms with Crippen LogP contribution in [-0.4, -0.2) is 27.1 Å². The van der Waals surface area contributed by atoms with Gasteiger partial charge in [-0.25, -0.2) is 9.78 Å². The molecule has 0 fully saturated rings. The number of hydrogen-bond acceptors (Lipinski definition) is 4. The van der Waals surface area contributed by atoms with Gasteiger partial charge in [0.15, 0.2) is 0 Å². The van der Waals surface area contributed by atoms with Crippen LogP contribution < -0.4 is 0 Å². The smallest absolute Gasteiger partial charge is 0.328 e. The monoisotopic (exact) mass is 281 g/mol. The van der Waals surface area contributed by atoms with Gasteiger partial charge >= 0.3 is 5.97 Å². The Morgan fingerprint density at radius 2 is 2.26 bits per heavy atom. The largest absolute Gasteiger partial charge is 0.464 e. The zero-order valence-electron chi connectivity index (χ0n) is 11.1. The molecule has 0 aromatic carbocycles. The molecule has 5 nitrogen and oxygen atoms in total. The van der Waals surface area contributed by atoms with Crippen LogP contribution in [0.5, 0.6) is 0 Å². The SMILES string of the molecule is CCOC(=O)C(C)n1c(C(C)Cl)nc2cnccc21. The van der Waals surface area contributed by atoms with E-state index in [2.05, 4.69) is 9.97 Å². The molecule has 0 N–H and O–H groups in total. The van der Waals surface area contributed by atoms with Crippen molar-refractivity contribution in [3.05, 3.63) is 24.3 Å². The van der Waals surface area contributed by atoms with Crippen LogP contribution >= 0.6 is 11.6 Å². The summed E-state index contributed by atoms with van der Waals surface area (Å²) >= 11 is 6.15. The number of nitrogens with zero attached hydrogens (tertiary/aromatic N) is 3. The average Bonchev–Trinajstić information content (AvgIpc) is 2.77. The highest BCUT2D eigenvalue weighted by atomic mass is 35.5. The number of hydrogen-bond donors (Lipinski definition) is 0. The average molecular weight is 282 g/mol. The van der Waals surface area contributed by atoms with E-state index < -0.39 is 6.04 Å². The van der Waals surface area contributed by atoms with E-state index in [0.29, 0.717) is 12.4 Å². The van der Waals surface area contributed by atoms with Crippen molar-refractivity contribution < 1.29 is 9.53 Å². The molecule has 0 radical (unpaired) electrons. The van der Waals surface area contributed by atoms with Gasteiger partial charge in [0.05, 0.1) is 23.7 Å². The van der Waals surface area contributed by atoms with Gasteiger partial charge in [-0.3, -0.25) is 4.98 Å². The standard InChI is InChI=1S/C13H16ClN3O2/c1-4-19-13(18)9(3)17-11-5-6-15-7-10(11)16-12(17)8(2)14/h5-9H,4H2,1-3H3. The maximum atomic E-state index is 11.9. The topological polar surface area (TPSA) is 57.0 Å². The second-order valence-corrected chi connectivity index (χ2v) is 4.90. The zero-order valence-corrected chi connectivity index (χ0v) is 11.9. The number of ether oxygens (including phenoxy) is 1. The van der Waals surface area contributed by atoms with E-state index in [1.807, 2.05) is 17.6 Å². The quantitative estimate of drug-likeness (QED) is 0.639. The van der Waals surface area contributed by atoms with E-state index in [4.69, 9.17) is 16.3 Å². The Morgan fingerprint density at radius 3 is 2.89 bits per heavy atom. The van der Waals surface area contributed by atoms with Crippen molar-refractivity contribution in [1.82, 2.24) is 14.5 Å². The molecule has 0 bridgehead atoms. The van der Waals surface area contributed by atoms with Gasteiger partial charge in [-0.15, -0.1) is 11.6 Å². The second-order valence-electron chi connectivity index (χ2n) is 4.25. The fourth-order valence-corrected chi connectivity index (χ4v) is 2.18. The van der Waals surface area contributed by atoms with E-state index in [9.17, 15) is 4.79 Å². The highest BCUT2D eigenvalue weighted by Crippen LogP contribution is 2.28. The Bertz CT molecular complexity index is 595. The van der Waals surface area contributed by atoms with Gasteiger partial charge in [-0.05, 0) is 26.8 Å². The molecule has 0 saturated heterocycles. The predicted octanol–water partition coefficient (Wildman–Crippen LogP) is 2.86. The lowest BCUT2D eigenvalue weighted by Crippen LogP contribution is -2.21. The summed E-state index contributed by atoms with van der Waals surface area (Å²) in [4.78, 5) is 20.4. The Kier molecular flexibility index (Phi) is 4.04. The number of imidazole rings is 1. The highest BCUT2D eigenvalue weighted by molar-refractivity contribution is 6.20. The summed E-state index contributed by atoms with van der Waals surface area (Å²) in [6.45, 7) is 5.74. The lowest BCUT2D eigenvalue weighted by molar-refractivity contribution is -0.146. The Hall–Kier alpha value is -1.62. The summed E-state index contributed by atoms with van der Waals surface area (Å²) in [7, 11) is 0. The molecule has 0 saturated carbocycles. The first-order chi connectivity index (χ1) is 9.06. The van der Waals surface area contributed by atoms with Crippen LogP contribution in [0.1, 0.15) is 38.0 Å². The van der Waals surface area contributed by atoms with Gasteiger partial charge in [-0.2, -0.15) is 0 Å². The summed E-state index contributed by atoms with van der Waals surface area (Å²) in [5.74, 6) is 0.349. The fourth-order valence-electron chi connectivity index (χ4n) is 2.03. The molecular formula is C13H16ClN3O2. The number of esters is 1. The first-order valence-corrected chi connectivity index (χ1v) is 6.62. The Balaban J connectivity index is 2.56. The van der Waals surface area contributed by atoms with Crippen molar-refractivity contribution >= 4 is 28.6 Å². The van der Waals surface area contributed by atoms with Crippen molar-refractivity contribution in [2.45, 2.75) is 32.2 Å². The molecule has 0 amide bonds. The van der Waals surface area contributed by atoms with E-state index in [1.54, 1.807) is 26.2 Å². The molecule has 0 aliphatic heterocycles. The molecule has 0 spiro atoms. The summed E-state index contributed by atoms with van der Waals surface area (Å²) < 4.78 is 6.88. The minimum Gasteiger partial charge on any atom is -0.464 e. The molecule has 2 atom stereocenters. The fraction of sp³-hybridized carbons (Fsp3) is 0.462. The van der Waals surface area contributed by atoms with Gasteiger partial charge in [0.1, 0.15) is 17.4 Å². The molecule has 0 aliphatic carbocycles. The van der Waals surface area contributed by atoms with Crippen LogP contribution in [0.2, 0.25) is 0 Å². The molecule has 102 valence electrons. The molecule has 2 rings (SSSR count). The molecule has 2 heterocycles. The van der Waals surface area contributed by atoms with E-state index >= 15 is 0 Å². The number of carbonyl (C=O) groups excluding carboxylic acids is 1. The number of alkyl halides is 1. The number of halogens is 1. The predicted molar refractivity (Wildman–Crippen MR) is 73.1 cm³/mol. The van der Waals surface area contributed by atoms with Crippen LogP contribution in [0, 0.1) is 0 Å². The molecule has 6 heteroatoms. The first-order valence-electron chi connectivity index (χ1n) is 6.18. The van der Waals surface area contributed by atoms with Crippen molar-refractivity contribution in [1.29, 1.82) is 0 Å². The number of carbonyl (C=O) groups is 1. The van der Waals surface area contributed by atoms with Gasteiger partial charge < -0.3 is 9.30 Å². The molecule has 2 unspecified atom stereocenters. The normalized spacial score (nSPS) is 14.3. The minimum atomic E-state index is -0.469. The van der Waals surface area contributed by atoms with Gasteiger partial charge in [0.25, 0.3) is 0 Å². The second kappa shape index (κ2) is 5.57. The van der Waals surface area contributed by atoms with Crippen LogP contribution in [0.25, 0.3) is 11.0 Å². The van der Waals surface area contributed by atoms with Gasteiger partial charge in [-0.1, -0.05) is 0 Å². The highest BCUT2D eigenvalue weighted by Gasteiger charge is 2.24. The van der Waals surface area contributed by atoms with Crippen molar-refractivity contribution in [2.75, 3.05) is 6.61 Å². The van der Waals surface area contributed by atoms with E-state index in [1.165, 1.54) is 0 Å². The lowest BCUT2D eigenvalue weighted by atomic mass is 10.3. The van der Waals surface area contributed by atoms with E-state index in [-0.39, 0.29) is 11.3 Å². The maximum Gasteiger partial charge on any atom is 0.328 e. The maximum absolute atomic E-state index is 11.9. The lowest BCUT2D eigenvalue weighted by Gasteiger charge is -2.17. The first kappa shape index (κ1) is 13.8. The zero-order chi connectivity index (χ0) is 14.0. The molecular weight excluding hydrogens is 266 g/mol. The number of aromatic nitrogens is 3. The molecule has 2 aromatic heterocycles. The third-order valence-electron chi connectivity index (χ3n) is 2.89. The summed E-state index contributed by atoms with van der Waals surface area (Å²) in [5.41, 5.74) is 1.55. The van der Waals surface area contributed by atoms with Gasteiger partial charge in [0, 0.05) is 6.20 Å². The van der Waals surface area contributed by atoms with Crippen LogP contribution in [0.15, 0.2) is 18.5 Å². The van der Waals surface area contributed by atoms with Crippen molar-refractivity contribution in [3.63, 3.8) is 0 Å². The Morgan fingerprint density at radius 1 is 1.53 bits per heavy atom. The number of pyridine rings is 1. The summed E-state index contributed by atoms with van der Waals surface area (Å²) in [6.07, 6.45) is 3.33. The third-order valence-corrected chi connectivity index (χ3v) is 3.09. The minimum absolute atomic E-state index is 0.294. The number of rotatable bonds is 4. The number of fused-ring (bicyclic) bond motifs is 1. The van der Waals surface area contributed by atoms with Gasteiger partial charge in [0.2, 0.25) is 0 Å². The Labute approximate surface area is 116 Å². The molecule has 2 aromatic rings.